The Morgan fingerprint density at radius 3 is 2.60 bits per heavy atom. The molecule has 25 heavy (non-hydrogen) atoms. The van der Waals surface area contributed by atoms with Gasteiger partial charge in [0.2, 0.25) is 0 Å². The van der Waals surface area contributed by atoms with E-state index in [4.69, 9.17) is 9.47 Å². The van der Waals surface area contributed by atoms with Crippen molar-refractivity contribution < 1.29 is 14.3 Å². The normalized spacial score (nSPS) is 15.2. The first-order chi connectivity index (χ1) is 12.2. The Balaban J connectivity index is 1.46. The van der Waals surface area contributed by atoms with Crippen molar-refractivity contribution in [2.45, 2.75) is 26.3 Å². The van der Waals surface area contributed by atoms with Crippen LogP contribution in [0, 0.1) is 12.8 Å². The summed E-state index contributed by atoms with van der Waals surface area (Å²) in [6.45, 7) is 4.62. The summed E-state index contributed by atoms with van der Waals surface area (Å²) in [5.74, 6) is 2.91. The number of aromatic nitrogens is 2. The Kier molecular flexibility index (Phi) is 5.58. The number of hydrogen-bond donors (Lipinski definition) is 0. The van der Waals surface area contributed by atoms with E-state index in [-0.39, 0.29) is 12.5 Å². The zero-order valence-electron chi connectivity index (χ0n) is 14.9. The lowest BCUT2D eigenvalue weighted by Crippen LogP contribution is -2.41. The first-order valence-corrected chi connectivity index (χ1v) is 8.68. The average Bonchev–Trinajstić information content (AvgIpc) is 3.05. The number of amides is 1. The van der Waals surface area contributed by atoms with Gasteiger partial charge in [-0.15, -0.1) is 0 Å². The number of aryl methyl sites for hydroxylation is 1. The second-order valence-corrected chi connectivity index (χ2v) is 6.39. The van der Waals surface area contributed by atoms with Crippen molar-refractivity contribution in [3.8, 4) is 11.5 Å². The minimum absolute atomic E-state index is 0.0307. The van der Waals surface area contributed by atoms with Gasteiger partial charge in [-0.1, -0.05) is 12.1 Å². The molecule has 0 N–H and O–H groups in total. The number of ether oxygens (including phenoxy) is 2. The number of nitrogens with zero attached hydrogens (tertiary/aromatic N) is 3. The SMILES string of the molecule is COc1ccccc1OCC(=O)N1CCC(Cn2ccnc2C)CC1. The minimum atomic E-state index is 0.0307. The van der Waals surface area contributed by atoms with Gasteiger partial charge >= 0.3 is 0 Å². The molecule has 1 fully saturated rings. The van der Waals surface area contributed by atoms with Crippen LogP contribution in [0.4, 0.5) is 0 Å². The summed E-state index contributed by atoms with van der Waals surface area (Å²) >= 11 is 0. The molecule has 0 atom stereocenters. The van der Waals surface area contributed by atoms with E-state index in [9.17, 15) is 4.79 Å². The van der Waals surface area contributed by atoms with Gasteiger partial charge in [0.15, 0.2) is 18.1 Å². The Bertz CT molecular complexity index is 705. The number of para-hydroxylation sites is 2. The molecule has 1 aliphatic rings. The third-order valence-corrected chi connectivity index (χ3v) is 4.77. The van der Waals surface area contributed by atoms with Crippen LogP contribution in [0.2, 0.25) is 0 Å². The lowest BCUT2D eigenvalue weighted by Gasteiger charge is -2.32. The fourth-order valence-corrected chi connectivity index (χ4v) is 3.21. The maximum absolute atomic E-state index is 12.4. The van der Waals surface area contributed by atoms with Crippen LogP contribution < -0.4 is 9.47 Å². The maximum Gasteiger partial charge on any atom is 0.260 e. The molecule has 0 saturated carbocycles. The van der Waals surface area contributed by atoms with Crippen LogP contribution in [0.5, 0.6) is 11.5 Å². The van der Waals surface area contributed by atoms with Crippen LogP contribution in [0.1, 0.15) is 18.7 Å². The summed E-state index contributed by atoms with van der Waals surface area (Å²) in [4.78, 5) is 18.6. The Labute approximate surface area is 148 Å². The number of carbonyl (C=O) groups is 1. The predicted molar refractivity (Wildman–Crippen MR) is 94.8 cm³/mol. The summed E-state index contributed by atoms with van der Waals surface area (Å²) in [5, 5.41) is 0. The van der Waals surface area contributed by atoms with E-state index < -0.39 is 0 Å². The Morgan fingerprint density at radius 1 is 1.24 bits per heavy atom. The number of rotatable bonds is 6. The summed E-state index contributed by atoms with van der Waals surface area (Å²) < 4.78 is 13.1. The van der Waals surface area contributed by atoms with E-state index in [1.54, 1.807) is 7.11 Å². The first-order valence-electron chi connectivity index (χ1n) is 8.68. The number of methoxy groups -OCH3 is 1. The van der Waals surface area contributed by atoms with Gasteiger partial charge in [-0.3, -0.25) is 4.79 Å². The van der Waals surface area contributed by atoms with Gasteiger partial charge in [-0.2, -0.15) is 0 Å². The molecule has 6 nitrogen and oxygen atoms in total. The highest BCUT2D eigenvalue weighted by atomic mass is 16.5. The molecule has 0 bridgehead atoms. The van der Waals surface area contributed by atoms with Gasteiger partial charge in [0.05, 0.1) is 7.11 Å². The van der Waals surface area contributed by atoms with Crippen LogP contribution in [0.3, 0.4) is 0 Å². The summed E-state index contributed by atoms with van der Waals surface area (Å²) in [6, 6.07) is 7.38. The smallest absolute Gasteiger partial charge is 0.260 e. The molecule has 6 heteroatoms. The van der Waals surface area contributed by atoms with Crippen molar-refractivity contribution in [1.29, 1.82) is 0 Å². The quantitative estimate of drug-likeness (QED) is 0.809. The molecule has 1 amide bonds. The van der Waals surface area contributed by atoms with E-state index >= 15 is 0 Å². The van der Waals surface area contributed by atoms with Crippen LogP contribution in [0.25, 0.3) is 0 Å². The van der Waals surface area contributed by atoms with Gasteiger partial charge < -0.3 is 18.9 Å². The van der Waals surface area contributed by atoms with E-state index in [1.807, 2.05) is 48.5 Å². The third kappa shape index (κ3) is 4.32. The van der Waals surface area contributed by atoms with E-state index in [0.717, 1.165) is 38.3 Å². The van der Waals surface area contributed by atoms with Gasteiger partial charge in [-0.05, 0) is 37.8 Å². The van der Waals surface area contributed by atoms with Crippen molar-refractivity contribution >= 4 is 5.91 Å². The van der Waals surface area contributed by atoms with Crippen molar-refractivity contribution in [2.24, 2.45) is 5.92 Å². The molecular weight excluding hydrogens is 318 g/mol. The van der Waals surface area contributed by atoms with Crippen LogP contribution in [0.15, 0.2) is 36.7 Å². The highest BCUT2D eigenvalue weighted by Crippen LogP contribution is 2.26. The highest BCUT2D eigenvalue weighted by Gasteiger charge is 2.23. The van der Waals surface area contributed by atoms with Crippen LogP contribution in [-0.4, -0.2) is 47.2 Å². The number of carbonyl (C=O) groups excluding carboxylic acids is 1. The van der Waals surface area contributed by atoms with Crippen molar-refractivity contribution in [1.82, 2.24) is 14.5 Å². The summed E-state index contributed by atoms with van der Waals surface area (Å²) in [6.07, 6.45) is 5.88. The topological polar surface area (TPSA) is 56.6 Å². The Morgan fingerprint density at radius 2 is 1.96 bits per heavy atom. The standard InChI is InChI=1S/C19H25N3O3/c1-15-20-9-12-22(15)13-16-7-10-21(11-8-16)19(23)14-25-18-6-4-3-5-17(18)24-2/h3-6,9,12,16H,7-8,10-11,13-14H2,1-2H3. The Hall–Kier alpha value is -2.50. The lowest BCUT2D eigenvalue weighted by atomic mass is 9.96. The molecule has 2 aromatic rings. The molecule has 2 heterocycles. The maximum atomic E-state index is 12.4. The second-order valence-electron chi connectivity index (χ2n) is 6.39. The number of benzene rings is 1. The molecule has 0 aliphatic carbocycles. The van der Waals surface area contributed by atoms with Gasteiger partial charge in [0.1, 0.15) is 5.82 Å². The fraction of sp³-hybridized carbons (Fsp3) is 0.474. The second kappa shape index (κ2) is 8.05. The number of likely N-dealkylation sites (tertiary alicyclic amines) is 1. The van der Waals surface area contributed by atoms with Crippen molar-refractivity contribution in [3.63, 3.8) is 0 Å². The summed E-state index contributed by atoms with van der Waals surface area (Å²) in [7, 11) is 1.59. The van der Waals surface area contributed by atoms with E-state index in [0.29, 0.717) is 17.4 Å². The molecule has 1 aromatic carbocycles. The molecule has 1 aromatic heterocycles. The predicted octanol–water partition coefficient (Wildman–Crippen LogP) is 2.52. The lowest BCUT2D eigenvalue weighted by molar-refractivity contribution is -0.134. The molecule has 3 rings (SSSR count). The number of piperidine rings is 1. The largest absolute Gasteiger partial charge is 0.493 e. The molecule has 0 unspecified atom stereocenters. The van der Waals surface area contributed by atoms with E-state index in [1.165, 1.54) is 0 Å². The molecule has 1 saturated heterocycles. The van der Waals surface area contributed by atoms with Gasteiger partial charge in [0, 0.05) is 32.0 Å². The monoisotopic (exact) mass is 343 g/mol. The molecule has 134 valence electrons. The molecular formula is C19H25N3O3. The zero-order valence-corrected chi connectivity index (χ0v) is 14.9. The highest BCUT2D eigenvalue weighted by molar-refractivity contribution is 5.78. The van der Waals surface area contributed by atoms with Crippen molar-refractivity contribution in [2.75, 3.05) is 26.8 Å². The zero-order chi connectivity index (χ0) is 17.6. The molecule has 0 radical (unpaired) electrons. The minimum Gasteiger partial charge on any atom is -0.493 e. The number of hydrogen-bond acceptors (Lipinski definition) is 4. The summed E-state index contributed by atoms with van der Waals surface area (Å²) in [5.41, 5.74) is 0. The first kappa shape index (κ1) is 17.3. The fourth-order valence-electron chi connectivity index (χ4n) is 3.21. The van der Waals surface area contributed by atoms with E-state index in [2.05, 4.69) is 9.55 Å². The molecule has 0 spiro atoms. The van der Waals surface area contributed by atoms with Crippen LogP contribution in [-0.2, 0) is 11.3 Å². The van der Waals surface area contributed by atoms with Crippen LogP contribution >= 0.6 is 0 Å². The third-order valence-electron chi connectivity index (χ3n) is 4.77. The average molecular weight is 343 g/mol. The van der Waals surface area contributed by atoms with Gasteiger partial charge in [0.25, 0.3) is 5.91 Å². The number of imidazole rings is 1. The van der Waals surface area contributed by atoms with Gasteiger partial charge in [-0.25, -0.2) is 4.98 Å². The van der Waals surface area contributed by atoms with Crippen molar-refractivity contribution in [3.05, 3.63) is 42.5 Å². The molecule has 1 aliphatic heterocycles.